The Balaban J connectivity index is 2.30. The first-order chi connectivity index (χ1) is 12.7. The molecule has 0 saturated carbocycles. The van der Waals surface area contributed by atoms with Gasteiger partial charge in [0.15, 0.2) is 17.5 Å². The molecular formula is C16H30O11. The molecule has 2 fully saturated rings. The number of aliphatic hydroxyl groups is 8. The lowest BCUT2D eigenvalue weighted by Gasteiger charge is -2.57. The first kappa shape index (κ1) is 22.8. The van der Waals surface area contributed by atoms with Gasteiger partial charge in [0, 0.05) is 6.61 Å². The number of hydrogen-bond acceptors (Lipinski definition) is 11. The zero-order valence-corrected chi connectivity index (χ0v) is 15.1. The van der Waals surface area contributed by atoms with Gasteiger partial charge in [-0.2, -0.15) is 0 Å². The van der Waals surface area contributed by atoms with Gasteiger partial charge in [0.1, 0.15) is 36.6 Å². The molecule has 2 aliphatic heterocycles. The first-order valence-corrected chi connectivity index (χ1v) is 8.96. The SMILES string of the molecule is CCCCO[C@H]1O[C@H](CO)[C@](O)([C@@]2(O)CO[C@H](CO)[C@H](O)[C@@H]2O)[C@H](O)[C@@H]1O. The van der Waals surface area contributed by atoms with Crippen molar-refractivity contribution in [2.24, 2.45) is 0 Å². The van der Waals surface area contributed by atoms with Gasteiger partial charge in [0.25, 0.3) is 0 Å². The molecule has 27 heavy (non-hydrogen) atoms. The van der Waals surface area contributed by atoms with Gasteiger partial charge in [-0.05, 0) is 6.42 Å². The fourth-order valence-electron chi connectivity index (χ4n) is 3.56. The molecule has 0 radical (unpaired) electrons. The maximum Gasteiger partial charge on any atom is 0.186 e. The van der Waals surface area contributed by atoms with Gasteiger partial charge < -0.3 is 55.1 Å². The molecule has 0 aliphatic carbocycles. The normalized spacial score (nSPS) is 48.6. The van der Waals surface area contributed by atoms with Gasteiger partial charge in [0.05, 0.1) is 19.8 Å². The van der Waals surface area contributed by atoms with Crippen LogP contribution in [0.1, 0.15) is 19.8 Å². The maximum atomic E-state index is 11.1. The standard InChI is InChI=1S/C16H30O11/c1-2-3-4-25-14-11(20)13(22)16(24,9(6-18)27-14)15(23)7-26-8(5-17)10(19)12(15)21/h8-14,17-24H,2-7H2,1H3/t8-,9-,10+,11+,12+,13-,14+,15-,16-/m1/s1. The van der Waals surface area contributed by atoms with Crippen LogP contribution in [0.3, 0.4) is 0 Å². The third-order valence-electron chi connectivity index (χ3n) is 5.37. The molecule has 0 aromatic rings. The second-order valence-corrected chi connectivity index (χ2v) is 7.05. The minimum absolute atomic E-state index is 0.189. The molecule has 160 valence electrons. The van der Waals surface area contributed by atoms with Gasteiger partial charge >= 0.3 is 0 Å². The molecule has 2 heterocycles. The Morgan fingerprint density at radius 1 is 1.00 bits per heavy atom. The van der Waals surface area contributed by atoms with Crippen LogP contribution >= 0.6 is 0 Å². The molecule has 8 N–H and O–H groups in total. The Morgan fingerprint density at radius 3 is 2.22 bits per heavy atom. The monoisotopic (exact) mass is 398 g/mol. The zero-order valence-electron chi connectivity index (χ0n) is 15.1. The molecule has 11 nitrogen and oxygen atoms in total. The smallest absolute Gasteiger partial charge is 0.186 e. The Labute approximate surface area is 156 Å². The van der Waals surface area contributed by atoms with Crippen molar-refractivity contribution in [3.8, 4) is 0 Å². The quantitative estimate of drug-likeness (QED) is 0.194. The van der Waals surface area contributed by atoms with E-state index >= 15 is 0 Å². The predicted octanol–water partition coefficient (Wildman–Crippen LogP) is -4.18. The lowest BCUT2D eigenvalue weighted by molar-refractivity contribution is -0.391. The van der Waals surface area contributed by atoms with E-state index in [0.717, 1.165) is 6.42 Å². The van der Waals surface area contributed by atoms with E-state index in [1.807, 2.05) is 6.92 Å². The summed E-state index contributed by atoms with van der Waals surface area (Å²) in [7, 11) is 0. The van der Waals surface area contributed by atoms with Gasteiger partial charge in [-0.1, -0.05) is 13.3 Å². The van der Waals surface area contributed by atoms with Crippen LogP contribution in [0.15, 0.2) is 0 Å². The average molecular weight is 398 g/mol. The minimum Gasteiger partial charge on any atom is -0.394 e. The molecule has 0 aromatic heterocycles. The molecule has 0 amide bonds. The lowest BCUT2D eigenvalue weighted by Crippen LogP contribution is -2.82. The topological polar surface area (TPSA) is 190 Å². The van der Waals surface area contributed by atoms with Crippen LogP contribution in [-0.4, -0.2) is 121 Å². The van der Waals surface area contributed by atoms with E-state index in [0.29, 0.717) is 6.42 Å². The highest BCUT2D eigenvalue weighted by Gasteiger charge is 2.70. The molecule has 9 atom stereocenters. The van der Waals surface area contributed by atoms with Gasteiger partial charge in [0.2, 0.25) is 0 Å². The first-order valence-electron chi connectivity index (χ1n) is 8.96. The van der Waals surface area contributed by atoms with Crippen molar-refractivity contribution in [2.75, 3.05) is 26.4 Å². The van der Waals surface area contributed by atoms with Crippen molar-refractivity contribution in [3.63, 3.8) is 0 Å². The second-order valence-electron chi connectivity index (χ2n) is 7.05. The van der Waals surface area contributed by atoms with E-state index in [1.165, 1.54) is 0 Å². The largest absolute Gasteiger partial charge is 0.394 e. The summed E-state index contributed by atoms with van der Waals surface area (Å²) < 4.78 is 15.8. The third-order valence-corrected chi connectivity index (χ3v) is 5.37. The second kappa shape index (κ2) is 8.93. The van der Waals surface area contributed by atoms with E-state index < -0.39 is 73.9 Å². The van der Waals surface area contributed by atoms with Crippen molar-refractivity contribution < 1.29 is 55.1 Å². The molecule has 2 saturated heterocycles. The predicted molar refractivity (Wildman–Crippen MR) is 87.4 cm³/mol. The fourth-order valence-corrected chi connectivity index (χ4v) is 3.56. The highest BCUT2D eigenvalue weighted by Crippen LogP contribution is 2.43. The van der Waals surface area contributed by atoms with Gasteiger partial charge in [-0.3, -0.25) is 0 Å². The molecule has 0 spiro atoms. The highest BCUT2D eigenvalue weighted by molar-refractivity contribution is 5.18. The molecule has 0 unspecified atom stereocenters. The summed E-state index contributed by atoms with van der Waals surface area (Å²) in [6.45, 7) is -0.267. The summed E-state index contributed by atoms with van der Waals surface area (Å²) in [5.41, 5.74) is -5.53. The van der Waals surface area contributed by atoms with Gasteiger partial charge in [-0.15, -0.1) is 0 Å². The van der Waals surface area contributed by atoms with E-state index in [9.17, 15) is 35.7 Å². The molecule has 0 aromatic carbocycles. The molecule has 2 rings (SSSR count). The number of hydrogen-bond donors (Lipinski definition) is 8. The van der Waals surface area contributed by atoms with Gasteiger partial charge in [-0.25, -0.2) is 0 Å². The molecule has 2 aliphatic rings. The lowest BCUT2D eigenvalue weighted by atomic mass is 9.67. The third kappa shape index (κ3) is 3.74. The van der Waals surface area contributed by atoms with Crippen LogP contribution in [0.2, 0.25) is 0 Å². The number of rotatable bonds is 7. The average Bonchev–Trinajstić information content (AvgIpc) is 2.66. The van der Waals surface area contributed by atoms with Crippen molar-refractivity contribution in [1.29, 1.82) is 0 Å². The number of unbranched alkanes of at least 4 members (excludes halogenated alkanes) is 1. The van der Waals surface area contributed by atoms with Crippen molar-refractivity contribution in [3.05, 3.63) is 0 Å². The summed E-state index contributed by atoms with van der Waals surface area (Å²) in [5.74, 6) is 0. The van der Waals surface area contributed by atoms with Crippen LogP contribution in [0.25, 0.3) is 0 Å². The Bertz CT molecular complexity index is 475. The van der Waals surface area contributed by atoms with E-state index in [4.69, 9.17) is 19.3 Å². The van der Waals surface area contributed by atoms with Crippen LogP contribution in [-0.2, 0) is 14.2 Å². The van der Waals surface area contributed by atoms with E-state index in [1.54, 1.807) is 0 Å². The molecule has 11 heteroatoms. The molecule has 0 bridgehead atoms. The van der Waals surface area contributed by atoms with Crippen molar-refractivity contribution >= 4 is 0 Å². The summed E-state index contributed by atoms with van der Waals surface area (Å²) >= 11 is 0. The Kier molecular flexibility index (Phi) is 7.55. The van der Waals surface area contributed by atoms with Crippen molar-refractivity contribution in [1.82, 2.24) is 0 Å². The van der Waals surface area contributed by atoms with Crippen molar-refractivity contribution in [2.45, 2.75) is 73.9 Å². The van der Waals surface area contributed by atoms with Crippen LogP contribution in [0, 0.1) is 0 Å². The fraction of sp³-hybridized carbons (Fsp3) is 1.00. The van der Waals surface area contributed by atoms with Crippen LogP contribution in [0.4, 0.5) is 0 Å². The summed E-state index contributed by atoms with van der Waals surface area (Å²) in [6, 6.07) is 0. The maximum absolute atomic E-state index is 11.1. The summed E-state index contributed by atoms with van der Waals surface area (Å²) in [6.07, 6.45) is -10.7. The minimum atomic E-state index is -2.81. The zero-order chi connectivity index (χ0) is 20.4. The van der Waals surface area contributed by atoms with E-state index in [2.05, 4.69) is 0 Å². The number of aliphatic hydroxyl groups excluding tert-OH is 6. The van der Waals surface area contributed by atoms with Crippen LogP contribution < -0.4 is 0 Å². The number of ether oxygens (including phenoxy) is 3. The Hall–Kier alpha value is -0.440. The summed E-state index contributed by atoms with van der Waals surface area (Å²) in [4.78, 5) is 0. The molecular weight excluding hydrogens is 368 g/mol. The van der Waals surface area contributed by atoms with Crippen LogP contribution in [0.5, 0.6) is 0 Å². The van der Waals surface area contributed by atoms with E-state index in [-0.39, 0.29) is 6.61 Å². The Morgan fingerprint density at radius 2 is 1.67 bits per heavy atom. The highest BCUT2D eigenvalue weighted by atomic mass is 16.7. The summed E-state index contributed by atoms with van der Waals surface area (Å²) in [5, 5.41) is 82.0.